The summed E-state index contributed by atoms with van der Waals surface area (Å²) in [5, 5.41) is 12.6. The minimum absolute atomic E-state index is 0.305. The predicted molar refractivity (Wildman–Crippen MR) is 88.9 cm³/mol. The first-order chi connectivity index (χ1) is 11.2. The largest absolute Gasteiger partial charge is 0.496 e. The Morgan fingerprint density at radius 1 is 1.26 bits per heavy atom. The lowest BCUT2D eigenvalue weighted by atomic mass is 10.0. The molecule has 1 aromatic heterocycles. The van der Waals surface area contributed by atoms with Crippen LogP contribution in [0, 0.1) is 6.92 Å². The molecule has 0 aliphatic rings. The molecule has 0 bridgehead atoms. The number of nitrogens with zero attached hydrogens (tertiary/aromatic N) is 2. The van der Waals surface area contributed by atoms with E-state index in [0.717, 1.165) is 27.8 Å². The van der Waals surface area contributed by atoms with Crippen molar-refractivity contribution in [2.24, 2.45) is 5.10 Å². The van der Waals surface area contributed by atoms with E-state index < -0.39 is 0 Å². The van der Waals surface area contributed by atoms with Gasteiger partial charge in [-0.2, -0.15) is 10.2 Å². The summed E-state index contributed by atoms with van der Waals surface area (Å²) in [7, 11) is 1.64. The number of hydrogen-bond acceptors (Lipinski definition) is 4. The van der Waals surface area contributed by atoms with E-state index in [9.17, 15) is 4.79 Å². The highest BCUT2D eigenvalue weighted by atomic mass is 16.5. The lowest BCUT2D eigenvalue weighted by Crippen LogP contribution is -2.18. The fourth-order valence-electron chi connectivity index (χ4n) is 2.34. The second-order valence-corrected chi connectivity index (χ2v) is 5.04. The van der Waals surface area contributed by atoms with Crippen LogP contribution in [0.4, 0.5) is 0 Å². The lowest BCUT2D eigenvalue weighted by Gasteiger charge is -2.07. The van der Waals surface area contributed by atoms with Crippen LogP contribution in [-0.2, 0) is 0 Å². The molecule has 2 N–H and O–H groups in total. The maximum absolute atomic E-state index is 11.9. The third-order valence-electron chi connectivity index (χ3n) is 3.45. The van der Waals surface area contributed by atoms with Crippen LogP contribution in [0.2, 0.25) is 0 Å². The van der Waals surface area contributed by atoms with Crippen LogP contribution in [0.1, 0.15) is 21.7 Å². The van der Waals surface area contributed by atoms with Gasteiger partial charge in [-0.05, 0) is 30.5 Å². The van der Waals surface area contributed by atoms with Crippen molar-refractivity contribution >= 4 is 22.9 Å². The van der Waals surface area contributed by atoms with Gasteiger partial charge in [-0.15, -0.1) is 0 Å². The van der Waals surface area contributed by atoms with Crippen molar-refractivity contribution in [1.82, 2.24) is 15.6 Å². The van der Waals surface area contributed by atoms with Crippen LogP contribution in [0.25, 0.3) is 10.8 Å². The minimum Gasteiger partial charge on any atom is -0.496 e. The number of aryl methyl sites for hydroxylation is 1. The molecule has 1 heterocycles. The summed E-state index contributed by atoms with van der Waals surface area (Å²) in [5.74, 6) is 0.442. The van der Waals surface area contributed by atoms with Crippen molar-refractivity contribution in [2.75, 3.05) is 7.11 Å². The number of amides is 1. The Balaban J connectivity index is 1.83. The van der Waals surface area contributed by atoms with Crippen molar-refractivity contribution in [3.05, 3.63) is 59.4 Å². The number of benzene rings is 2. The summed E-state index contributed by atoms with van der Waals surface area (Å²) in [4.78, 5) is 11.9. The molecule has 0 fully saturated rings. The molecule has 0 atom stereocenters. The molecule has 0 spiro atoms. The molecule has 6 nitrogen and oxygen atoms in total. The molecule has 0 aliphatic carbocycles. The smallest absolute Gasteiger partial charge is 0.291 e. The van der Waals surface area contributed by atoms with Gasteiger partial charge in [0.05, 0.1) is 13.3 Å². The Labute approximate surface area is 133 Å². The van der Waals surface area contributed by atoms with E-state index >= 15 is 0 Å². The van der Waals surface area contributed by atoms with Gasteiger partial charge >= 0.3 is 0 Å². The zero-order chi connectivity index (χ0) is 16.2. The molecule has 3 aromatic rings. The molecule has 0 saturated carbocycles. The quantitative estimate of drug-likeness (QED) is 0.574. The molecule has 0 aliphatic heterocycles. The number of aromatic amines is 1. The van der Waals surface area contributed by atoms with Crippen LogP contribution >= 0.6 is 0 Å². The second-order valence-electron chi connectivity index (χ2n) is 5.04. The summed E-state index contributed by atoms with van der Waals surface area (Å²) in [6.07, 6.45) is 1.61. The summed E-state index contributed by atoms with van der Waals surface area (Å²) in [6, 6.07) is 13.3. The molecule has 2 aromatic carbocycles. The van der Waals surface area contributed by atoms with E-state index in [1.807, 2.05) is 43.3 Å². The highest BCUT2D eigenvalue weighted by Gasteiger charge is 2.08. The van der Waals surface area contributed by atoms with Gasteiger partial charge in [-0.3, -0.25) is 9.89 Å². The monoisotopic (exact) mass is 308 g/mol. The number of rotatable bonds is 4. The third kappa shape index (κ3) is 3.06. The first-order valence-corrected chi connectivity index (χ1v) is 7.10. The van der Waals surface area contributed by atoms with Gasteiger partial charge in [0.25, 0.3) is 5.91 Å². The zero-order valence-corrected chi connectivity index (χ0v) is 12.8. The van der Waals surface area contributed by atoms with Crippen LogP contribution < -0.4 is 10.2 Å². The molecule has 3 rings (SSSR count). The van der Waals surface area contributed by atoms with Gasteiger partial charge in [0.2, 0.25) is 0 Å². The number of H-pyrrole nitrogens is 1. The highest BCUT2D eigenvalue weighted by Crippen LogP contribution is 2.27. The van der Waals surface area contributed by atoms with Gasteiger partial charge in [0.1, 0.15) is 5.75 Å². The normalized spacial score (nSPS) is 11.0. The van der Waals surface area contributed by atoms with Gasteiger partial charge < -0.3 is 4.74 Å². The Bertz CT molecular complexity index is 883. The van der Waals surface area contributed by atoms with E-state index in [-0.39, 0.29) is 5.91 Å². The van der Waals surface area contributed by atoms with E-state index in [0.29, 0.717) is 5.69 Å². The van der Waals surface area contributed by atoms with E-state index in [4.69, 9.17) is 4.74 Å². The summed E-state index contributed by atoms with van der Waals surface area (Å²) < 4.78 is 5.36. The van der Waals surface area contributed by atoms with Crippen molar-refractivity contribution in [1.29, 1.82) is 0 Å². The molecule has 6 heteroatoms. The Hall–Kier alpha value is -3.15. The van der Waals surface area contributed by atoms with Gasteiger partial charge in [-0.1, -0.05) is 24.3 Å². The highest BCUT2D eigenvalue weighted by molar-refractivity contribution is 6.02. The number of hydrogen-bond donors (Lipinski definition) is 2. The van der Waals surface area contributed by atoms with Crippen molar-refractivity contribution in [3.8, 4) is 5.75 Å². The average molecular weight is 308 g/mol. The Morgan fingerprint density at radius 3 is 2.74 bits per heavy atom. The Morgan fingerprint density at radius 2 is 2.04 bits per heavy atom. The molecule has 0 unspecified atom stereocenters. The number of nitrogens with one attached hydrogen (secondary N) is 2. The fraction of sp³-hybridized carbons (Fsp3) is 0.118. The van der Waals surface area contributed by atoms with Gasteiger partial charge in [0.15, 0.2) is 5.69 Å². The number of methoxy groups -OCH3 is 1. The molecule has 0 saturated heterocycles. The second kappa shape index (κ2) is 6.31. The predicted octanol–water partition coefficient (Wildman–Crippen LogP) is 2.64. The van der Waals surface area contributed by atoms with Crippen LogP contribution in [-0.4, -0.2) is 29.4 Å². The molecule has 0 radical (unpaired) electrons. The minimum atomic E-state index is -0.358. The molecule has 116 valence electrons. The lowest BCUT2D eigenvalue weighted by molar-refractivity contribution is 0.0950. The van der Waals surface area contributed by atoms with Gasteiger partial charge in [-0.25, -0.2) is 5.43 Å². The topological polar surface area (TPSA) is 79.4 Å². The standard InChI is InChI=1S/C17H16N4O2/c1-11-9-15(20-19-11)17(22)21-18-10-12-7-8-16(23-2)14-6-4-3-5-13(12)14/h3-10H,1-2H3,(H,19,20)(H,21,22). The number of carbonyl (C=O) groups is 1. The number of carbonyl (C=O) groups excluding carboxylic acids is 1. The van der Waals surface area contributed by atoms with Crippen molar-refractivity contribution in [2.45, 2.75) is 6.92 Å². The average Bonchev–Trinajstić information content (AvgIpc) is 3.01. The zero-order valence-electron chi connectivity index (χ0n) is 12.8. The SMILES string of the molecule is COc1ccc(C=NNC(=O)c2cc(C)[nH]n2)c2ccccc12. The van der Waals surface area contributed by atoms with Gasteiger partial charge in [0, 0.05) is 16.6 Å². The first kappa shape index (κ1) is 14.8. The number of fused-ring (bicyclic) bond motifs is 1. The fourth-order valence-corrected chi connectivity index (χ4v) is 2.34. The summed E-state index contributed by atoms with van der Waals surface area (Å²) in [5.41, 5.74) is 4.48. The van der Waals surface area contributed by atoms with Crippen molar-refractivity contribution in [3.63, 3.8) is 0 Å². The Kier molecular flexibility index (Phi) is 4.05. The third-order valence-corrected chi connectivity index (χ3v) is 3.45. The molecular formula is C17H16N4O2. The van der Waals surface area contributed by atoms with Crippen LogP contribution in [0.15, 0.2) is 47.6 Å². The molecule has 1 amide bonds. The summed E-state index contributed by atoms with van der Waals surface area (Å²) >= 11 is 0. The van der Waals surface area contributed by atoms with E-state index in [1.54, 1.807) is 19.4 Å². The first-order valence-electron chi connectivity index (χ1n) is 7.10. The van der Waals surface area contributed by atoms with Crippen LogP contribution in [0.3, 0.4) is 0 Å². The number of hydrazone groups is 1. The maximum Gasteiger partial charge on any atom is 0.291 e. The number of ether oxygens (including phenoxy) is 1. The van der Waals surface area contributed by atoms with E-state index in [1.165, 1.54) is 0 Å². The molecular weight excluding hydrogens is 292 g/mol. The van der Waals surface area contributed by atoms with Crippen molar-refractivity contribution < 1.29 is 9.53 Å². The van der Waals surface area contributed by atoms with Crippen LogP contribution in [0.5, 0.6) is 5.75 Å². The molecule has 23 heavy (non-hydrogen) atoms. The number of aromatic nitrogens is 2. The maximum atomic E-state index is 11.9. The summed E-state index contributed by atoms with van der Waals surface area (Å²) in [6.45, 7) is 1.83. The van der Waals surface area contributed by atoms with E-state index in [2.05, 4.69) is 20.7 Å².